The van der Waals surface area contributed by atoms with Gasteiger partial charge in [0.05, 0.1) is 0 Å². The Kier molecular flexibility index (Phi) is 3.25. The SMILES string of the molecule is Cc1ccc(C(=O)c2ccnc(Cl)c2)cc1C. The van der Waals surface area contributed by atoms with Crippen LogP contribution in [0.5, 0.6) is 0 Å². The van der Waals surface area contributed by atoms with Crippen LogP contribution in [-0.2, 0) is 0 Å². The number of carbonyl (C=O) groups is 1. The van der Waals surface area contributed by atoms with E-state index in [4.69, 9.17) is 11.6 Å². The van der Waals surface area contributed by atoms with Gasteiger partial charge in [-0.05, 0) is 43.2 Å². The topological polar surface area (TPSA) is 30.0 Å². The molecule has 2 aromatic rings. The van der Waals surface area contributed by atoms with Crippen LogP contribution in [0.25, 0.3) is 0 Å². The number of ketones is 1. The molecule has 0 bridgehead atoms. The second-order valence-electron chi connectivity index (χ2n) is 4.00. The second kappa shape index (κ2) is 4.68. The van der Waals surface area contributed by atoms with Crippen LogP contribution in [0.3, 0.4) is 0 Å². The first kappa shape index (κ1) is 11.8. The van der Waals surface area contributed by atoms with Crippen LogP contribution in [0, 0.1) is 13.8 Å². The van der Waals surface area contributed by atoms with E-state index in [9.17, 15) is 4.79 Å². The summed E-state index contributed by atoms with van der Waals surface area (Å²) in [5, 5.41) is 0.333. The first-order valence-electron chi connectivity index (χ1n) is 5.31. The Labute approximate surface area is 105 Å². The molecule has 0 N–H and O–H groups in total. The summed E-state index contributed by atoms with van der Waals surface area (Å²) in [6.45, 7) is 4.01. The number of nitrogens with zero attached hydrogens (tertiary/aromatic N) is 1. The maximum Gasteiger partial charge on any atom is 0.193 e. The van der Waals surface area contributed by atoms with E-state index in [0.717, 1.165) is 5.56 Å². The van der Waals surface area contributed by atoms with Crippen molar-refractivity contribution in [3.05, 3.63) is 63.9 Å². The summed E-state index contributed by atoms with van der Waals surface area (Å²) in [6, 6.07) is 8.93. The van der Waals surface area contributed by atoms with Crippen molar-refractivity contribution in [2.45, 2.75) is 13.8 Å². The molecule has 0 aliphatic rings. The third kappa shape index (κ3) is 2.53. The van der Waals surface area contributed by atoms with Crippen molar-refractivity contribution in [3.63, 3.8) is 0 Å². The van der Waals surface area contributed by atoms with Gasteiger partial charge in [0.2, 0.25) is 0 Å². The van der Waals surface area contributed by atoms with Crippen LogP contribution < -0.4 is 0 Å². The summed E-state index contributed by atoms with van der Waals surface area (Å²) in [4.78, 5) is 16.0. The number of hydrogen-bond acceptors (Lipinski definition) is 2. The van der Waals surface area contributed by atoms with Crippen LogP contribution in [0.4, 0.5) is 0 Å². The predicted molar refractivity (Wildman–Crippen MR) is 68.6 cm³/mol. The lowest BCUT2D eigenvalue weighted by Gasteiger charge is -2.04. The Morgan fingerprint density at radius 2 is 1.76 bits per heavy atom. The van der Waals surface area contributed by atoms with Gasteiger partial charge >= 0.3 is 0 Å². The van der Waals surface area contributed by atoms with Crippen LogP contribution in [0.15, 0.2) is 36.5 Å². The van der Waals surface area contributed by atoms with Gasteiger partial charge in [-0.25, -0.2) is 4.98 Å². The molecular formula is C14H12ClNO. The summed E-state index contributed by atoms with van der Waals surface area (Å²) in [5.74, 6) is -0.0302. The summed E-state index contributed by atoms with van der Waals surface area (Å²) in [6.07, 6.45) is 1.54. The van der Waals surface area contributed by atoms with E-state index in [0.29, 0.717) is 16.3 Å². The van der Waals surface area contributed by atoms with Crippen molar-refractivity contribution >= 4 is 17.4 Å². The van der Waals surface area contributed by atoms with Gasteiger partial charge in [-0.2, -0.15) is 0 Å². The smallest absolute Gasteiger partial charge is 0.193 e. The average Bonchev–Trinajstić information content (AvgIpc) is 2.32. The Morgan fingerprint density at radius 3 is 2.41 bits per heavy atom. The lowest BCUT2D eigenvalue weighted by atomic mass is 10.00. The molecule has 0 spiro atoms. The molecule has 0 aliphatic carbocycles. The van der Waals surface area contributed by atoms with Crippen molar-refractivity contribution in [1.82, 2.24) is 4.98 Å². The highest BCUT2D eigenvalue weighted by Crippen LogP contribution is 2.15. The summed E-state index contributed by atoms with van der Waals surface area (Å²) in [7, 11) is 0. The van der Waals surface area contributed by atoms with E-state index in [2.05, 4.69) is 4.98 Å². The molecule has 1 aromatic carbocycles. The van der Waals surface area contributed by atoms with Gasteiger partial charge in [-0.1, -0.05) is 23.7 Å². The van der Waals surface area contributed by atoms with E-state index in [-0.39, 0.29) is 5.78 Å². The van der Waals surface area contributed by atoms with Gasteiger partial charge in [0, 0.05) is 17.3 Å². The third-order valence-electron chi connectivity index (χ3n) is 2.76. The fourth-order valence-corrected chi connectivity index (χ4v) is 1.77. The van der Waals surface area contributed by atoms with E-state index < -0.39 is 0 Å². The number of rotatable bonds is 2. The maximum atomic E-state index is 12.2. The molecule has 17 heavy (non-hydrogen) atoms. The standard InChI is InChI=1S/C14H12ClNO/c1-9-3-4-11(7-10(9)2)14(17)12-5-6-16-13(15)8-12/h3-8H,1-2H3. The minimum Gasteiger partial charge on any atom is -0.289 e. The first-order valence-corrected chi connectivity index (χ1v) is 5.69. The highest BCUT2D eigenvalue weighted by molar-refractivity contribution is 6.29. The van der Waals surface area contributed by atoms with Gasteiger partial charge in [-0.15, -0.1) is 0 Å². The van der Waals surface area contributed by atoms with E-state index >= 15 is 0 Å². The fraction of sp³-hybridized carbons (Fsp3) is 0.143. The Balaban J connectivity index is 2.40. The summed E-state index contributed by atoms with van der Waals surface area (Å²) in [5.41, 5.74) is 3.52. The zero-order valence-corrected chi connectivity index (χ0v) is 10.5. The number of benzene rings is 1. The van der Waals surface area contributed by atoms with Gasteiger partial charge in [-0.3, -0.25) is 4.79 Å². The van der Waals surface area contributed by atoms with Crippen molar-refractivity contribution in [2.75, 3.05) is 0 Å². The molecule has 2 nitrogen and oxygen atoms in total. The molecule has 2 rings (SSSR count). The molecule has 0 atom stereocenters. The van der Waals surface area contributed by atoms with Crippen molar-refractivity contribution < 1.29 is 4.79 Å². The van der Waals surface area contributed by atoms with Crippen molar-refractivity contribution in [3.8, 4) is 0 Å². The minimum atomic E-state index is -0.0302. The predicted octanol–water partition coefficient (Wildman–Crippen LogP) is 3.58. The maximum absolute atomic E-state index is 12.2. The number of aromatic nitrogens is 1. The van der Waals surface area contributed by atoms with E-state index in [1.165, 1.54) is 11.8 Å². The molecule has 1 heterocycles. The first-order chi connectivity index (χ1) is 8.08. The normalized spacial score (nSPS) is 10.3. The number of pyridine rings is 1. The largest absolute Gasteiger partial charge is 0.289 e. The zero-order chi connectivity index (χ0) is 12.4. The molecule has 0 aliphatic heterocycles. The monoisotopic (exact) mass is 245 g/mol. The quantitative estimate of drug-likeness (QED) is 0.598. The molecule has 0 unspecified atom stereocenters. The molecule has 0 saturated heterocycles. The third-order valence-corrected chi connectivity index (χ3v) is 2.96. The van der Waals surface area contributed by atoms with E-state index in [1.807, 2.05) is 32.0 Å². The van der Waals surface area contributed by atoms with Crippen LogP contribution in [0.2, 0.25) is 5.15 Å². The minimum absolute atomic E-state index is 0.0302. The summed E-state index contributed by atoms with van der Waals surface area (Å²) >= 11 is 5.77. The van der Waals surface area contributed by atoms with Crippen LogP contribution >= 0.6 is 11.6 Å². The van der Waals surface area contributed by atoms with Crippen LogP contribution in [-0.4, -0.2) is 10.8 Å². The Morgan fingerprint density at radius 1 is 1.06 bits per heavy atom. The molecule has 0 radical (unpaired) electrons. The molecule has 86 valence electrons. The lowest BCUT2D eigenvalue weighted by Crippen LogP contribution is -2.02. The number of aryl methyl sites for hydroxylation is 2. The number of carbonyl (C=O) groups excluding carboxylic acids is 1. The highest BCUT2D eigenvalue weighted by Gasteiger charge is 2.10. The lowest BCUT2D eigenvalue weighted by molar-refractivity contribution is 0.103. The van der Waals surface area contributed by atoms with Gasteiger partial charge in [0.25, 0.3) is 0 Å². The zero-order valence-electron chi connectivity index (χ0n) is 9.70. The molecule has 0 amide bonds. The molecule has 0 fully saturated rings. The Hall–Kier alpha value is -1.67. The van der Waals surface area contributed by atoms with Crippen molar-refractivity contribution in [1.29, 1.82) is 0 Å². The van der Waals surface area contributed by atoms with Gasteiger partial charge < -0.3 is 0 Å². The highest BCUT2D eigenvalue weighted by atomic mass is 35.5. The fourth-order valence-electron chi connectivity index (χ4n) is 1.59. The number of hydrogen-bond donors (Lipinski definition) is 0. The second-order valence-corrected chi connectivity index (χ2v) is 4.38. The molecular weight excluding hydrogens is 234 g/mol. The summed E-state index contributed by atoms with van der Waals surface area (Å²) < 4.78 is 0. The molecule has 1 aromatic heterocycles. The van der Waals surface area contributed by atoms with Gasteiger partial charge in [0.1, 0.15) is 5.15 Å². The van der Waals surface area contributed by atoms with Crippen molar-refractivity contribution in [2.24, 2.45) is 0 Å². The Bertz CT molecular complexity index is 578. The van der Waals surface area contributed by atoms with Crippen LogP contribution in [0.1, 0.15) is 27.0 Å². The molecule has 3 heteroatoms. The van der Waals surface area contributed by atoms with E-state index in [1.54, 1.807) is 12.1 Å². The number of halogens is 1. The average molecular weight is 246 g/mol. The van der Waals surface area contributed by atoms with Gasteiger partial charge in [0.15, 0.2) is 5.78 Å². The molecule has 0 saturated carbocycles.